The smallest absolute Gasteiger partial charge is 0.135 e. The summed E-state index contributed by atoms with van der Waals surface area (Å²) < 4.78 is 8.50. The summed E-state index contributed by atoms with van der Waals surface area (Å²) in [7, 11) is 0. The van der Waals surface area contributed by atoms with Crippen LogP contribution in [0.25, 0.3) is 83.1 Å². The largest absolute Gasteiger partial charge is 0.456 e. The second-order valence-corrected chi connectivity index (χ2v) is 11.5. The predicted molar refractivity (Wildman–Crippen MR) is 187 cm³/mol. The van der Waals surface area contributed by atoms with Gasteiger partial charge < -0.3 is 8.98 Å². The first-order chi connectivity index (χ1) is 22.7. The second-order valence-electron chi connectivity index (χ2n) is 11.5. The monoisotopic (exact) mass is 587 g/mol. The van der Waals surface area contributed by atoms with Gasteiger partial charge in [0.25, 0.3) is 0 Å². The van der Waals surface area contributed by atoms with Crippen molar-refractivity contribution in [3.63, 3.8) is 0 Å². The molecule has 0 aliphatic carbocycles. The van der Waals surface area contributed by atoms with Crippen molar-refractivity contribution in [2.24, 2.45) is 0 Å². The van der Waals surface area contributed by atoms with E-state index in [0.29, 0.717) is 5.56 Å². The Balaban J connectivity index is 1.31. The highest BCUT2D eigenvalue weighted by molar-refractivity contribution is 6.09. The van der Waals surface area contributed by atoms with Crippen LogP contribution in [-0.4, -0.2) is 9.55 Å². The fourth-order valence-electron chi connectivity index (χ4n) is 6.71. The van der Waals surface area contributed by atoms with Crippen molar-refractivity contribution in [1.82, 2.24) is 9.55 Å². The number of hydrogen-bond acceptors (Lipinski definition) is 3. The van der Waals surface area contributed by atoms with Crippen LogP contribution in [0.2, 0.25) is 0 Å². The number of nitrogens with zero attached hydrogens (tertiary/aromatic N) is 3. The molecule has 0 unspecified atom stereocenters. The van der Waals surface area contributed by atoms with E-state index in [2.05, 4.69) is 102 Å². The zero-order valence-electron chi connectivity index (χ0n) is 24.7. The van der Waals surface area contributed by atoms with Gasteiger partial charge in [0.05, 0.1) is 34.1 Å². The molecule has 0 aliphatic rings. The lowest BCUT2D eigenvalue weighted by molar-refractivity contribution is 0.669. The van der Waals surface area contributed by atoms with E-state index in [1.807, 2.05) is 60.7 Å². The number of fused-ring (bicyclic) bond motifs is 6. The first-order valence-corrected chi connectivity index (χ1v) is 15.3. The van der Waals surface area contributed by atoms with Gasteiger partial charge in [-0.25, -0.2) is 4.98 Å². The molecular formula is C42H25N3O. The van der Waals surface area contributed by atoms with Gasteiger partial charge in [-0.15, -0.1) is 0 Å². The third-order valence-corrected chi connectivity index (χ3v) is 8.83. The molecule has 0 atom stereocenters. The van der Waals surface area contributed by atoms with E-state index in [-0.39, 0.29) is 0 Å². The molecule has 3 heterocycles. The van der Waals surface area contributed by atoms with Crippen LogP contribution in [0.5, 0.6) is 0 Å². The average molecular weight is 588 g/mol. The molecule has 0 saturated heterocycles. The summed E-state index contributed by atoms with van der Waals surface area (Å²) in [6.07, 6.45) is 0. The Morgan fingerprint density at radius 1 is 0.500 bits per heavy atom. The van der Waals surface area contributed by atoms with E-state index in [1.165, 1.54) is 10.8 Å². The molecule has 0 spiro atoms. The topological polar surface area (TPSA) is 54.8 Å². The number of aromatic nitrogens is 2. The standard InChI is InChI=1S/C42H25N3O/c43-26-28-10-1-2-11-32(28)38-16-9-15-37(44-38)30-22-29(27-20-21-42-36(25-27)35-14-5-8-19-41(35)46-42)23-31(24-30)45-39-17-6-3-12-33(39)34-13-4-7-18-40(34)45/h1-25H. The predicted octanol–water partition coefficient (Wildman–Crippen LogP) is 11.0. The van der Waals surface area contributed by atoms with Gasteiger partial charge >= 0.3 is 0 Å². The van der Waals surface area contributed by atoms with Gasteiger partial charge in [-0.2, -0.15) is 5.26 Å². The molecule has 9 rings (SSSR count). The van der Waals surface area contributed by atoms with E-state index in [9.17, 15) is 5.26 Å². The summed E-state index contributed by atoms with van der Waals surface area (Å²) in [4.78, 5) is 5.11. The third-order valence-electron chi connectivity index (χ3n) is 8.83. The van der Waals surface area contributed by atoms with E-state index in [1.54, 1.807) is 0 Å². The highest BCUT2D eigenvalue weighted by Crippen LogP contribution is 2.38. The molecule has 4 heteroatoms. The zero-order chi connectivity index (χ0) is 30.6. The minimum atomic E-state index is 0.604. The summed E-state index contributed by atoms with van der Waals surface area (Å²) in [5.74, 6) is 0. The quantitative estimate of drug-likeness (QED) is 0.206. The number of furan rings is 1. The van der Waals surface area contributed by atoms with Gasteiger partial charge in [-0.1, -0.05) is 84.9 Å². The van der Waals surface area contributed by atoms with Crippen molar-refractivity contribution in [2.75, 3.05) is 0 Å². The molecule has 0 saturated carbocycles. The molecule has 0 radical (unpaired) electrons. The average Bonchev–Trinajstić information content (AvgIpc) is 3.67. The molecule has 9 aromatic rings. The van der Waals surface area contributed by atoms with Gasteiger partial charge in [-0.05, 0) is 77.9 Å². The van der Waals surface area contributed by atoms with E-state index >= 15 is 0 Å². The highest BCUT2D eigenvalue weighted by atomic mass is 16.3. The van der Waals surface area contributed by atoms with E-state index in [4.69, 9.17) is 9.40 Å². The number of pyridine rings is 1. The molecule has 46 heavy (non-hydrogen) atoms. The molecular weight excluding hydrogens is 562 g/mol. The first kappa shape index (κ1) is 26.0. The van der Waals surface area contributed by atoms with Crippen molar-refractivity contribution in [3.05, 3.63) is 157 Å². The van der Waals surface area contributed by atoms with Crippen LogP contribution in [0.3, 0.4) is 0 Å². The van der Waals surface area contributed by atoms with Crippen molar-refractivity contribution >= 4 is 43.7 Å². The highest BCUT2D eigenvalue weighted by Gasteiger charge is 2.16. The summed E-state index contributed by atoms with van der Waals surface area (Å²) in [6, 6.07) is 54.4. The van der Waals surface area contributed by atoms with Crippen LogP contribution < -0.4 is 0 Å². The molecule has 0 amide bonds. The number of para-hydroxylation sites is 3. The Morgan fingerprint density at radius 2 is 1.15 bits per heavy atom. The van der Waals surface area contributed by atoms with Crippen molar-refractivity contribution < 1.29 is 4.42 Å². The minimum Gasteiger partial charge on any atom is -0.456 e. The van der Waals surface area contributed by atoms with Gasteiger partial charge in [0.2, 0.25) is 0 Å². The maximum absolute atomic E-state index is 9.78. The summed E-state index contributed by atoms with van der Waals surface area (Å²) in [5.41, 5.74) is 11.3. The summed E-state index contributed by atoms with van der Waals surface area (Å²) in [6.45, 7) is 0. The summed E-state index contributed by atoms with van der Waals surface area (Å²) >= 11 is 0. The van der Waals surface area contributed by atoms with Gasteiger partial charge in [0, 0.05) is 38.4 Å². The molecule has 0 bridgehead atoms. The Morgan fingerprint density at radius 3 is 1.96 bits per heavy atom. The van der Waals surface area contributed by atoms with Gasteiger partial charge in [0.1, 0.15) is 11.2 Å². The fourth-order valence-corrected chi connectivity index (χ4v) is 6.71. The normalized spacial score (nSPS) is 11.5. The Labute approximate surface area is 265 Å². The molecule has 6 aromatic carbocycles. The fraction of sp³-hybridized carbons (Fsp3) is 0. The minimum absolute atomic E-state index is 0.604. The van der Waals surface area contributed by atoms with Crippen molar-refractivity contribution in [3.8, 4) is 45.4 Å². The maximum Gasteiger partial charge on any atom is 0.135 e. The summed E-state index contributed by atoms with van der Waals surface area (Å²) in [5, 5.41) is 14.4. The van der Waals surface area contributed by atoms with Gasteiger partial charge in [-0.3, -0.25) is 0 Å². The number of benzene rings is 6. The number of nitriles is 1. The first-order valence-electron chi connectivity index (χ1n) is 15.3. The van der Waals surface area contributed by atoms with E-state index < -0.39 is 0 Å². The molecule has 0 fully saturated rings. The van der Waals surface area contributed by atoms with E-state index in [0.717, 1.165) is 72.3 Å². The van der Waals surface area contributed by atoms with Crippen LogP contribution in [0.1, 0.15) is 5.56 Å². The Bertz CT molecular complexity index is 2620. The third kappa shape index (κ3) is 4.11. The van der Waals surface area contributed by atoms with Crippen LogP contribution in [0.15, 0.2) is 156 Å². The number of rotatable bonds is 4. The van der Waals surface area contributed by atoms with Crippen LogP contribution >= 0.6 is 0 Å². The second kappa shape index (κ2) is 10.3. The van der Waals surface area contributed by atoms with Crippen molar-refractivity contribution in [2.45, 2.75) is 0 Å². The van der Waals surface area contributed by atoms with Gasteiger partial charge in [0.15, 0.2) is 0 Å². The molecule has 214 valence electrons. The SMILES string of the molecule is N#Cc1ccccc1-c1cccc(-c2cc(-c3ccc4oc5ccccc5c4c3)cc(-n3c4ccccc4c4ccccc43)c2)n1. The lowest BCUT2D eigenvalue weighted by Crippen LogP contribution is -1.97. The number of hydrogen-bond donors (Lipinski definition) is 0. The lowest BCUT2D eigenvalue weighted by atomic mass is 9.98. The van der Waals surface area contributed by atoms with Crippen molar-refractivity contribution in [1.29, 1.82) is 5.26 Å². The maximum atomic E-state index is 9.78. The zero-order valence-corrected chi connectivity index (χ0v) is 24.7. The van der Waals surface area contributed by atoms with Crippen LogP contribution in [0.4, 0.5) is 0 Å². The molecule has 3 aromatic heterocycles. The van der Waals surface area contributed by atoms with Crippen LogP contribution in [0, 0.1) is 11.3 Å². The molecule has 0 N–H and O–H groups in total. The van der Waals surface area contributed by atoms with Crippen LogP contribution in [-0.2, 0) is 0 Å². The lowest BCUT2D eigenvalue weighted by Gasteiger charge is -2.14. The Kier molecular flexibility index (Phi) is 5.84. The Hall–Kier alpha value is -6.44. The molecule has 4 nitrogen and oxygen atoms in total. The molecule has 0 aliphatic heterocycles.